The van der Waals surface area contributed by atoms with Gasteiger partial charge in [0.05, 0.1) is 0 Å². The maximum atomic E-state index is 8.88. The van der Waals surface area contributed by atoms with E-state index in [0.717, 1.165) is 0 Å². The monoisotopic (exact) mass is 320 g/mol. The zero-order valence-corrected chi connectivity index (χ0v) is 10.8. The SMILES string of the molecule is O=P(O)(O)O.[Ag].[H+].[H-].[Na+].[Zr]. The fraction of sp³-hybridized carbons (Fsp3) is 0. The summed E-state index contributed by atoms with van der Waals surface area (Å²) in [5.41, 5.74) is 0. The molecule has 0 aromatic heterocycles. The Morgan fingerprint density at radius 2 is 1.38 bits per heavy atom. The van der Waals surface area contributed by atoms with Crippen LogP contribution in [0.1, 0.15) is 2.85 Å². The second-order valence-corrected chi connectivity index (χ2v) is 1.54. The Hall–Kier alpha value is 2.73. The van der Waals surface area contributed by atoms with E-state index < -0.39 is 7.82 Å². The Balaban J connectivity index is -0.00000000800. The van der Waals surface area contributed by atoms with Gasteiger partial charge in [0.25, 0.3) is 0 Å². The summed E-state index contributed by atoms with van der Waals surface area (Å²) in [4.78, 5) is 21.6. The Kier molecular flexibility index (Phi) is 27.3. The molecule has 0 heterocycles. The minimum atomic E-state index is -4.64. The number of phosphoric acid groups is 1. The Labute approximate surface area is 107 Å². The molecule has 8 heavy (non-hydrogen) atoms. The Morgan fingerprint density at radius 1 is 1.38 bits per heavy atom. The minimum Gasteiger partial charge on any atom is -1.00 e. The summed E-state index contributed by atoms with van der Waals surface area (Å²) in [5.74, 6) is 0. The van der Waals surface area contributed by atoms with Gasteiger partial charge < -0.3 is 16.1 Å². The van der Waals surface area contributed by atoms with Gasteiger partial charge in [-0.25, -0.2) is 4.57 Å². The van der Waals surface area contributed by atoms with E-state index in [-0.39, 0.29) is 81.0 Å². The molecule has 3 N–H and O–H groups in total. The van der Waals surface area contributed by atoms with Crippen molar-refractivity contribution in [1.29, 1.82) is 0 Å². The van der Waals surface area contributed by atoms with Crippen LogP contribution in [-0.4, -0.2) is 14.7 Å². The summed E-state index contributed by atoms with van der Waals surface area (Å²) >= 11 is 0. The second kappa shape index (κ2) is 9.73. The van der Waals surface area contributed by atoms with Crippen molar-refractivity contribution in [2.75, 3.05) is 0 Å². The molecule has 0 amide bonds. The van der Waals surface area contributed by atoms with Crippen LogP contribution in [0.4, 0.5) is 0 Å². The average Bonchev–Trinajstić information content (AvgIpc) is 0.722. The van der Waals surface area contributed by atoms with Crippen LogP contribution in [0.25, 0.3) is 0 Å². The third kappa shape index (κ3) is 69.9. The first-order chi connectivity index (χ1) is 2.00. The molecular weight excluding hydrogens is 317 g/mol. The molecule has 0 bridgehead atoms. The van der Waals surface area contributed by atoms with Crippen molar-refractivity contribution in [1.82, 2.24) is 0 Å². The summed E-state index contributed by atoms with van der Waals surface area (Å²) in [6.45, 7) is 0. The van der Waals surface area contributed by atoms with Crippen LogP contribution in [0.5, 0.6) is 0 Å². The van der Waals surface area contributed by atoms with E-state index in [9.17, 15) is 0 Å². The van der Waals surface area contributed by atoms with Crippen LogP contribution >= 0.6 is 7.82 Å². The zero-order valence-electron chi connectivity index (χ0n) is 6.00. The first kappa shape index (κ1) is 22.4. The minimum absolute atomic E-state index is 0. The molecule has 0 saturated heterocycles. The van der Waals surface area contributed by atoms with Crippen molar-refractivity contribution in [3.05, 3.63) is 0 Å². The molecule has 0 rings (SSSR count). The molecule has 0 aliphatic heterocycles. The first-order valence-electron chi connectivity index (χ1n) is 0.783. The van der Waals surface area contributed by atoms with Gasteiger partial charge in [-0.3, -0.25) is 0 Å². The van der Waals surface area contributed by atoms with E-state index in [1.807, 2.05) is 0 Å². The summed E-state index contributed by atoms with van der Waals surface area (Å²) in [6, 6.07) is 0. The maximum absolute atomic E-state index is 8.88. The molecule has 0 fully saturated rings. The number of hydrogen-bond acceptors (Lipinski definition) is 1. The molecule has 4 nitrogen and oxygen atoms in total. The number of hydrogen-bond donors (Lipinski definition) is 3. The van der Waals surface area contributed by atoms with Gasteiger partial charge in [-0.2, -0.15) is 0 Å². The first-order valence-corrected chi connectivity index (χ1v) is 2.35. The van der Waals surface area contributed by atoms with Crippen LogP contribution in [0, 0.1) is 0 Å². The van der Waals surface area contributed by atoms with Gasteiger partial charge in [0.15, 0.2) is 0 Å². The molecule has 0 aromatic carbocycles. The Morgan fingerprint density at radius 3 is 1.38 bits per heavy atom. The predicted molar refractivity (Wildman–Crippen MR) is 16.5 cm³/mol. The molecule has 0 saturated carbocycles. The molecule has 8 heteroatoms. The predicted octanol–water partition coefficient (Wildman–Crippen LogP) is -3.70. The molecule has 0 atom stereocenters. The normalized spacial score (nSPS) is 7.38. The van der Waals surface area contributed by atoms with Gasteiger partial charge in [0.1, 0.15) is 0 Å². The van der Waals surface area contributed by atoms with E-state index in [1.54, 1.807) is 0 Å². The van der Waals surface area contributed by atoms with E-state index >= 15 is 0 Å². The molecular formula is H5AgNaO4PZr+. The molecule has 0 aliphatic rings. The molecule has 0 spiro atoms. The Bertz CT molecular complexity index is 69.4. The van der Waals surface area contributed by atoms with E-state index in [0.29, 0.717) is 0 Å². The maximum Gasteiger partial charge on any atom is 1.00 e. The topological polar surface area (TPSA) is 77.8 Å². The van der Waals surface area contributed by atoms with Gasteiger partial charge in [-0.05, 0) is 0 Å². The van der Waals surface area contributed by atoms with Crippen LogP contribution in [0.15, 0.2) is 0 Å². The van der Waals surface area contributed by atoms with E-state index in [1.165, 1.54) is 0 Å². The quantitative estimate of drug-likeness (QED) is 0.317. The van der Waals surface area contributed by atoms with Crippen molar-refractivity contribution in [2.45, 2.75) is 0 Å². The number of rotatable bonds is 0. The third-order valence-electron chi connectivity index (χ3n) is 0. The fourth-order valence-electron chi connectivity index (χ4n) is 0. The van der Waals surface area contributed by atoms with E-state index in [2.05, 4.69) is 0 Å². The van der Waals surface area contributed by atoms with Crippen molar-refractivity contribution >= 4 is 7.82 Å². The molecule has 0 unspecified atom stereocenters. The average molecular weight is 322 g/mol. The molecule has 1 radical (unpaired) electrons. The zero-order chi connectivity index (χ0) is 4.50. The van der Waals surface area contributed by atoms with Gasteiger partial charge in [-0.1, -0.05) is 0 Å². The van der Waals surface area contributed by atoms with Crippen LogP contribution in [0.3, 0.4) is 0 Å². The second-order valence-electron chi connectivity index (χ2n) is 0.513. The van der Waals surface area contributed by atoms with Gasteiger partial charge in [0.2, 0.25) is 0 Å². The summed E-state index contributed by atoms with van der Waals surface area (Å²) in [7, 11) is -4.64. The van der Waals surface area contributed by atoms with E-state index in [4.69, 9.17) is 19.2 Å². The summed E-state index contributed by atoms with van der Waals surface area (Å²) in [6.07, 6.45) is 0. The standard InChI is InChI=1S/Ag.Na.H3O4P.Zr.H/c;;1-5(2,3)4;;/h;;(H3,1,2,3,4);;/q;+1;;;-1/p+1. The molecule has 0 aromatic rings. The van der Waals surface area contributed by atoms with Gasteiger partial charge in [-0.15, -0.1) is 0 Å². The summed E-state index contributed by atoms with van der Waals surface area (Å²) < 4.78 is 8.88. The summed E-state index contributed by atoms with van der Waals surface area (Å²) in [5, 5.41) is 0. The van der Waals surface area contributed by atoms with Crippen LogP contribution in [0.2, 0.25) is 0 Å². The fourth-order valence-corrected chi connectivity index (χ4v) is 0. The van der Waals surface area contributed by atoms with Crippen molar-refractivity contribution in [2.24, 2.45) is 0 Å². The molecule has 49 valence electrons. The van der Waals surface area contributed by atoms with Crippen molar-refractivity contribution in [3.63, 3.8) is 0 Å². The van der Waals surface area contributed by atoms with Crippen LogP contribution < -0.4 is 29.6 Å². The largest absolute Gasteiger partial charge is 1.00 e. The third-order valence-corrected chi connectivity index (χ3v) is 0. The van der Waals surface area contributed by atoms with Crippen molar-refractivity contribution < 1.29 is 100 Å². The molecule has 0 aliphatic carbocycles. The van der Waals surface area contributed by atoms with Crippen LogP contribution in [-0.2, 0) is 53.1 Å². The smallest absolute Gasteiger partial charge is 1.00 e. The van der Waals surface area contributed by atoms with Crippen molar-refractivity contribution in [3.8, 4) is 0 Å². The van der Waals surface area contributed by atoms with Gasteiger partial charge in [0, 0.05) is 48.6 Å². The van der Waals surface area contributed by atoms with Gasteiger partial charge >= 0.3 is 38.8 Å².